The summed E-state index contributed by atoms with van der Waals surface area (Å²) in [5, 5.41) is 15.6. The maximum absolute atomic E-state index is 9.10. The molecule has 6 heterocycles. The van der Waals surface area contributed by atoms with Crippen molar-refractivity contribution >= 4 is 84.7 Å². The summed E-state index contributed by atoms with van der Waals surface area (Å²) in [5.41, 5.74) is 5.01. The molecular weight excluding hydrogens is 1010 g/mol. The minimum Gasteiger partial charge on any atom is -0.473 e. The highest BCUT2D eigenvalue weighted by Crippen LogP contribution is 2.39. The summed E-state index contributed by atoms with van der Waals surface area (Å²) in [5.74, 6) is -1.58. The number of hydrogen-bond acceptors (Lipinski definition) is 8. The van der Waals surface area contributed by atoms with Gasteiger partial charge in [0.05, 0.1) is 12.2 Å². The molecule has 4 aromatic rings. The molecular formula is C38H44BrClI2N6O6. The molecule has 12 nitrogen and oxygen atoms in total. The van der Waals surface area contributed by atoms with Gasteiger partial charge < -0.3 is 38.6 Å². The summed E-state index contributed by atoms with van der Waals surface area (Å²) >= 11 is 14.8. The number of rotatable bonds is 4. The monoisotopic (exact) mass is 1050 g/mol. The number of benzene rings is 2. The number of aryl methyl sites for hydroxylation is 2. The van der Waals surface area contributed by atoms with Crippen LogP contribution in [-0.2, 0) is 45.0 Å². The summed E-state index contributed by atoms with van der Waals surface area (Å²) in [7, 11) is 4.36. The number of hydrogen-bond donors (Lipinski definition) is 2. The highest BCUT2D eigenvalue weighted by molar-refractivity contribution is 14.1. The second kappa shape index (κ2) is 18.9. The molecule has 0 radical (unpaired) electrons. The van der Waals surface area contributed by atoms with Crippen molar-refractivity contribution < 1.29 is 29.3 Å². The van der Waals surface area contributed by atoms with E-state index in [1.165, 1.54) is 26.7 Å². The van der Waals surface area contributed by atoms with Gasteiger partial charge in [-0.25, -0.2) is 19.6 Å². The fourth-order valence-corrected chi connectivity index (χ4v) is 9.40. The lowest BCUT2D eigenvalue weighted by molar-refractivity contribution is -0.159. The molecule has 8 rings (SSSR count). The number of carboxylic acids is 2. The molecule has 4 aliphatic rings. The average Bonchev–Trinajstić information content (AvgIpc) is 3.62. The fraction of sp³-hybridized carbons (Fsp3) is 0.474. The van der Waals surface area contributed by atoms with E-state index in [4.69, 9.17) is 50.8 Å². The Morgan fingerprint density at radius 1 is 0.722 bits per heavy atom. The molecule has 2 fully saturated rings. The van der Waals surface area contributed by atoms with Gasteiger partial charge in [0.15, 0.2) is 0 Å². The molecule has 0 bridgehead atoms. The van der Waals surface area contributed by atoms with Gasteiger partial charge in [0.25, 0.3) is 0 Å². The van der Waals surface area contributed by atoms with E-state index in [9.17, 15) is 0 Å². The Balaban J connectivity index is 0.000000160. The number of fused-ring (bicyclic) bond motifs is 4. The molecule has 0 amide bonds. The summed E-state index contributed by atoms with van der Waals surface area (Å²) in [6.07, 6.45) is 10.9. The largest absolute Gasteiger partial charge is 0.473 e. The van der Waals surface area contributed by atoms with Gasteiger partial charge in [-0.3, -0.25) is 0 Å². The number of halogens is 4. The van der Waals surface area contributed by atoms with Crippen molar-refractivity contribution in [1.82, 2.24) is 28.9 Å². The third-order valence-corrected chi connectivity index (χ3v) is 12.4. The zero-order valence-corrected chi connectivity index (χ0v) is 36.8. The summed E-state index contributed by atoms with van der Waals surface area (Å²) in [6.45, 7) is 6.24. The van der Waals surface area contributed by atoms with Gasteiger partial charge in [-0.15, -0.1) is 0 Å². The fourth-order valence-electron chi connectivity index (χ4n) is 7.38. The predicted octanol–water partition coefficient (Wildman–Crippen LogP) is 7.06. The number of imidazole rings is 2. The lowest BCUT2D eigenvalue weighted by Crippen LogP contribution is -2.35. The van der Waals surface area contributed by atoms with E-state index in [1.807, 2.05) is 12.1 Å². The first kappa shape index (κ1) is 41.5. The molecule has 2 aromatic carbocycles. The van der Waals surface area contributed by atoms with E-state index in [2.05, 4.69) is 131 Å². The lowest BCUT2D eigenvalue weighted by Gasteiger charge is -2.32. The Hall–Kier alpha value is -2.13. The van der Waals surface area contributed by atoms with Crippen molar-refractivity contribution in [2.75, 3.05) is 40.3 Å². The number of ether oxygens (including phenoxy) is 2. The molecule has 2 saturated heterocycles. The van der Waals surface area contributed by atoms with E-state index in [1.54, 1.807) is 0 Å². The van der Waals surface area contributed by atoms with Gasteiger partial charge in [-0.05, 0) is 132 Å². The molecule has 0 aliphatic carbocycles. The quantitative estimate of drug-likeness (QED) is 0.162. The van der Waals surface area contributed by atoms with Crippen LogP contribution in [0.2, 0.25) is 5.02 Å². The zero-order valence-electron chi connectivity index (χ0n) is 30.1. The number of likely N-dealkylation sites (tertiary alicyclic amines) is 2. The van der Waals surface area contributed by atoms with Crippen molar-refractivity contribution in [3.05, 3.63) is 99.6 Å². The van der Waals surface area contributed by atoms with Crippen molar-refractivity contribution in [2.45, 2.75) is 76.0 Å². The third kappa shape index (κ3) is 10.2. The Morgan fingerprint density at radius 2 is 1.15 bits per heavy atom. The van der Waals surface area contributed by atoms with Gasteiger partial charge in [0.2, 0.25) is 0 Å². The second-order valence-electron chi connectivity index (χ2n) is 14.0. The Morgan fingerprint density at radius 3 is 1.61 bits per heavy atom. The molecule has 0 spiro atoms. The van der Waals surface area contributed by atoms with Gasteiger partial charge >= 0.3 is 11.9 Å². The van der Waals surface area contributed by atoms with E-state index in [0.29, 0.717) is 6.10 Å². The highest BCUT2D eigenvalue weighted by Gasteiger charge is 2.33. The van der Waals surface area contributed by atoms with Crippen LogP contribution in [0.3, 0.4) is 0 Å². The van der Waals surface area contributed by atoms with Crippen LogP contribution >= 0.6 is 72.7 Å². The second-order valence-corrected chi connectivity index (χ2v) is 17.5. The number of nitrogens with zero attached hydrogens (tertiary/aromatic N) is 6. The Labute approximate surface area is 356 Å². The maximum atomic E-state index is 9.10. The van der Waals surface area contributed by atoms with Crippen LogP contribution in [-0.4, -0.2) is 104 Å². The van der Waals surface area contributed by atoms with Gasteiger partial charge in [-0.2, -0.15) is 0 Å². The SMILES string of the molecule is CN1CCC(OC2c3cccc(Br)c3CCn3cc(I)nc32)CC1.CN1CCC(OC2c3cccc(Cl)c3CCn3cc(I)nc32)CC1.O=C(O)C(=O)O. The van der Waals surface area contributed by atoms with Crippen molar-refractivity contribution in [3.8, 4) is 0 Å². The van der Waals surface area contributed by atoms with Gasteiger partial charge in [0.1, 0.15) is 31.3 Å². The van der Waals surface area contributed by atoms with E-state index in [0.717, 1.165) is 102 Å². The maximum Gasteiger partial charge on any atom is 0.414 e. The topological polar surface area (TPSA) is 135 Å². The third-order valence-electron chi connectivity index (χ3n) is 10.3. The lowest BCUT2D eigenvalue weighted by atomic mass is 9.99. The minimum atomic E-state index is -1.82. The number of carboxylic acid groups (broad SMARTS) is 2. The van der Waals surface area contributed by atoms with Crippen molar-refractivity contribution in [1.29, 1.82) is 0 Å². The van der Waals surface area contributed by atoms with Crippen LogP contribution in [0.1, 0.15) is 71.8 Å². The number of piperidine rings is 2. The molecule has 2 aromatic heterocycles. The van der Waals surface area contributed by atoms with Gasteiger partial charge in [0, 0.05) is 61.2 Å². The number of carbonyl (C=O) groups is 2. The van der Waals surface area contributed by atoms with E-state index in [-0.39, 0.29) is 18.3 Å². The predicted molar refractivity (Wildman–Crippen MR) is 225 cm³/mol. The molecule has 4 aliphatic heterocycles. The Kier molecular flexibility index (Phi) is 14.5. The van der Waals surface area contributed by atoms with Gasteiger partial charge in [-0.1, -0.05) is 51.8 Å². The van der Waals surface area contributed by atoms with Crippen LogP contribution in [0.4, 0.5) is 0 Å². The summed E-state index contributed by atoms with van der Waals surface area (Å²) in [6, 6.07) is 12.6. The molecule has 16 heteroatoms. The molecule has 2 N–H and O–H groups in total. The van der Waals surface area contributed by atoms with E-state index >= 15 is 0 Å². The smallest absolute Gasteiger partial charge is 0.414 e. The van der Waals surface area contributed by atoms with Crippen LogP contribution in [0.5, 0.6) is 0 Å². The van der Waals surface area contributed by atoms with Crippen LogP contribution in [0, 0.1) is 7.40 Å². The van der Waals surface area contributed by atoms with E-state index < -0.39 is 11.9 Å². The van der Waals surface area contributed by atoms with Crippen molar-refractivity contribution in [2.24, 2.45) is 0 Å². The summed E-state index contributed by atoms with van der Waals surface area (Å²) < 4.78 is 21.0. The normalized spacial score (nSPS) is 20.4. The summed E-state index contributed by atoms with van der Waals surface area (Å²) in [4.78, 5) is 32.5. The van der Waals surface area contributed by atoms with Crippen LogP contribution < -0.4 is 0 Å². The Bertz CT molecular complexity index is 1810. The molecule has 2 atom stereocenters. The highest BCUT2D eigenvalue weighted by atomic mass is 127. The first-order chi connectivity index (χ1) is 25.9. The first-order valence-corrected chi connectivity index (χ1v) is 21.3. The molecule has 0 saturated carbocycles. The standard InChI is InChI=1S/C18H21BrIN3O.C18H21ClIN3O.C2H2O4/c2*1-22-8-5-12(6-9-22)24-17-14-3-2-4-15(19)13(14)7-10-23-11-16(20)21-18(17)23;3-1(4)2(5)6/h2*2-4,11-12,17H,5-10H2,1H3;(H,3,4)(H,5,6). The van der Waals surface area contributed by atoms with Crippen molar-refractivity contribution in [3.63, 3.8) is 0 Å². The molecule has 290 valence electrons. The average molecular weight is 1050 g/mol. The van der Waals surface area contributed by atoms with Crippen LogP contribution in [0.25, 0.3) is 0 Å². The van der Waals surface area contributed by atoms with Crippen LogP contribution in [0.15, 0.2) is 53.3 Å². The minimum absolute atomic E-state index is 0.0723. The number of aliphatic carboxylic acids is 2. The zero-order chi connectivity index (χ0) is 38.5. The number of aromatic nitrogens is 4. The molecule has 2 unspecified atom stereocenters. The molecule has 54 heavy (non-hydrogen) atoms. The first-order valence-electron chi connectivity index (χ1n) is 18.0.